The van der Waals surface area contributed by atoms with Crippen LogP contribution in [0.25, 0.3) is 76.9 Å². The predicted octanol–water partition coefficient (Wildman–Crippen LogP) is 13.6. The van der Waals surface area contributed by atoms with Gasteiger partial charge in [0.15, 0.2) is 0 Å². The molecule has 11 rings (SSSR count). The summed E-state index contributed by atoms with van der Waals surface area (Å²) >= 11 is 0. The molecule has 0 atom stereocenters. The minimum atomic E-state index is -0.521. The summed E-state index contributed by atoms with van der Waals surface area (Å²) in [6.45, 7) is 0. The fraction of sp³-hybridized carbons (Fsp3) is 0.0196. The Balaban J connectivity index is 1.31. The number of hydrogen-bond donors (Lipinski definition) is 0. The van der Waals surface area contributed by atoms with Crippen LogP contribution >= 0.6 is 0 Å². The lowest BCUT2D eigenvalue weighted by Gasteiger charge is -2.35. The highest BCUT2D eigenvalue weighted by molar-refractivity contribution is 6.26. The molecule has 1 heterocycles. The lowest BCUT2D eigenvalue weighted by Crippen LogP contribution is -2.29. The van der Waals surface area contributed by atoms with Crippen LogP contribution in [0.1, 0.15) is 22.3 Å². The zero-order chi connectivity index (χ0) is 34.2. The van der Waals surface area contributed by atoms with Crippen LogP contribution in [0.3, 0.4) is 0 Å². The molecule has 1 heteroatoms. The quantitative estimate of drug-likeness (QED) is 0.171. The molecule has 1 aliphatic carbocycles. The Morgan fingerprint density at radius 3 is 1.40 bits per heavy atom. The van der Waals surface area contributed by atoms with E-state index in [-0.39, 0.29) is 0 Å². The van der Waals surface area contributed by atoms with Gasteiger partial charge in [-0.2, -0.15) is 0 Å². The third-order valence-electron chi connectivity index (χ3n) is 11.3. The Hall–Kier alpha value is -6.70. The van der Waals surface area contributed by atoms with E-state index in [0.29, 0.717) is 0 Å². The molecule has 1 aliphatic rings. The van der Waals surface area contributed by atoms with Gasteiger partial charge >= 0.3 is 0 Å². The van der Waals surface area contributed by atoms with E-state index >= 15 is 0 Å². The van der Waals surface area contributed by atoms with E-state index in [0.717, 1.165) is 21.9 Å². The van der Waals surface area contributed by atoms with Gasteiger partial charge in [-0.3, -0.25) is 0 Å². The number of fused-ring (bicyclic) bond motifs is 8. The summed E-state index contributed by atoms with van der Waals surface area (Å²) in [7, 11) is 0. The molecule has 0 N–H and O–H groups in total. The Morgan fingerprint density at radius 2 is 0.750 bits per heavy atom. The first-order chi connectivity index (χ1) is 25.8. The molecule has 0 spiro atoms. The maximum absolute atomic E-state index is 6.42. The summed E-state index contributed by atoms with van der Waals surface area (Å²) in [4.78, 5) is 0. The van der Waals surface area contributed by atoms with Gasteiger partial charge in [-0.15, -0.1) is 0 Å². The van der Waals surface area contributed by atoms with Crippen molar-refractivity contribution < 1.29 is 4.42 Å². The van der Waals surface area contributed by atoms with E-state index in [9.17, 15) is 0 Å². The van der Waals surface area contributed by atoms with Crippen molar-refractivity contribution in [2.45, 2.75) is 5.41 Å². The molecule has 52 heavy (non-hydrogen) atoms. The van der Waals surface area contributed by atoms with E-state index < -0.39 is 5.41 Å². The molecule has 0 saturated heterocycles. The predicted molar refractivity (Wildman–Crippen MR) is 217 cm³/mol. The largest absolute Gasteiger partial charge is 0.456 e. The van der Waals surface area contributed by atoms with Gasteiger partial charge in [0.2, 0.25) is 0 Å². The maximum atomic E-state index is 6.42. The lowest BCUT2D eigenvalue weighted by atomic mass is 9.65. The standard InChI is InChI=1S/C51H32O/c1-3-17-33(18-4-1)51(34-19-5-2-6-20-34)44-30-13-11-21-35(44)40-27-15-29-43(50(40)51)48-38-24-9-7-22-36(38)47(37-23-8-10-25-39(37)48)42-28-16-32-46-49(42)41-26-12-14-31-45(41)52-46/h1-32H. The van der Waals surface area contributed by atoms with Crippen molar-refractivity contribution in [1.29, 1.82) is 0 Å². The SMILES string of the molecule is c1ccc(C2(c3ccccc3)c3ccccc3-c3cccc(-c4c5ccccc5c(-c5cccc6oc7ccccc7c56)c5ccccc45)c32)cc1. The second-order valence-corrected chi connectivity index (χ2v) is 13.9. The second-order valence-electron chi connectivity index (χ2n) is 13.9. The molecule has 0 radical (unpaired) electrons. The number of benzene rings is 9. The van der Waals surface area contributed by atoms with Gasteiger partial charge < -0.3 is 4.42 Å². The molecular formula is C51H32O. The third-order valence-corrected chi connectivity index (χ3v) is 11.3. The molecule has 0 bridgehead atoms. The van der Waals surface area contributed by atoms with E-state index in [1.807, 2.05) is 6.07 Å². The average Bonchev–Trinajstić information content (AvgIpc) is 3.75. The van der Waals surface area contributed by atoms with E-state index in [1.54, 1.807) is 0 Å². The molecule has 0 saturated carbocycles. The van der Waals surface area contributed by atoms with Crippen LogP contribution in [0, 0.1) is 0 Å². The summed E-state index contributed by atoms with van der Waals surface area (Å²) in [5.41, 5.74) is 14.0. The van der Waals surface area contributed by atoms with Gasteiger partial charge in [0.05, 0.1) is 5.41 Å². The maximum Gasteiger partial charge on any atom is 0.136 e. The number of rotatable bonds is 4. The molecule has 242 valence electrons. The highest BCUT2D eigenvalue weighted by Crippen LogP contribution is 2.60. The third kappa shape index (κ3) is 3.88. The lowest BCUT2D eigenvalue weighted by molar-refractivity contribution is 0.669. The summed E-state index contributed by atoms with van der Waals surface area (Å²) in [6, 6.07) is 71.1. The fourth-order valence-corrected chi connectivity index (χ4v) is 9.40. The normalized spacial score (nSPS) is 13.2. The van der Waals surface area contributed by atoms with Crippen molar-refractivity contribution in [3.63, 3.8) is 0 Å². The van der Waals surface area contributed by atoms with Gasteiger partial charge in [-0.25, -0.2) is 0 Å². The number of hydrogen-bond acceptors (Lipinski definition) is 1. The van der Waals surface area contributed by atoms with Gasteiger partial charge in [-0.05, 0) is 89.3 Å². The molecule has 9 aromatic carbocycles. The smallest absolute Gasteiger partial charge is 0.136 e. The van der Waals surface area contributed by atoms with Crippen LogP contribution < -0.4 is 0 Å². The first-order valence-electron chi connectivity index (χ1n) is 18.0. The van der Waals surface area contributed by atoms with Crippen molar-refractivity contribution in [2.24, 2.45) is 0 Å². The van der Waals surface area contributed by atoms with Crippen molar-refractivity contribution in [1.82, 2.24) is 0 Å². The van der Waals surface area contributed by atoms with Crippen LogP contribution in [-0.2, 0) is 5.41 Å². The zero-order valence-electron chi connectivity index (χ0n) is 28.4. The van der Waals surface area contributed by atoms with Crippen molar-refractivity contribution >= 4 is 43.5 Å². The second kappa shape index (κ2) is 11.2. The Morgan fingerprint density at radius 1 is 0.308 bits per heavy atom. The first kappa shape index (κ1) is 29.1. The van der Waals surface area contributed by atoms with Gasteiger partial charge in [0.1, 0.15) is 11.2 Å². The van der Waals surface area contributed by atoms with E-state index in [2.05, 4.69) is 188 Å². The van der Waals surface area contributed by atoms with E-state index in [4.69, 9.17) is 4.42 Å². The monoisotopic (exact) mass is 660 g/mol. The van der Waals surface area contributed by atoms with Crippen molar-refractivity contribution in [3.05, 3.63) is 216 Å². The van der Waals surface area contributed by atoms with Crippen molar-refractivity contribution in [3.8, 4) is 33.4 Å². The average molecular weight is 661 g/mol. The van der Waals surface area contributed by atoms with Crippen LogP contribution in [0.4, 0.5) is 0 Å². The topological polar surface area (TPSA) is 13.1 Å². The summed E-state index contributed by atoms with van der Waals surface area (Å²) in [5.74, 6) is 0. The summed E-state index contributed by atoms with van der Waals surface area (Å²) in [6.07, 6.45) is 0. The highest BCUT2D eigenvalue weighted by atomic mass is 16.3. The van der Waals surface area contributed by atoms with E-state index in [1.165, 1.54) is 77.2 Å². The van der Waals surface area contributed by atoms with Crippen LogP contribution in [0.2, 0.25) is 0 Å². The Bertz CT molecular complexity index is 2910. The number of para-hydroxylation sites is 1. The molecule has 0 amide bonds. The molecule has 1 nitrogen and oxygen atoms in total. The first-order valence-corrected chi connectivity index (χ1v) is 18.0. The van der Waals surface area contributed by atoms with Crippen LogP contribution in [-0.4, -0.2) is 0 Å². The highest BCUT2D eigenvalue weighted by Gasteiger charge is 2.47. The molecule has 10 aromatic rings. The molecular weight excluding hydrogens is 629 g/mol. The van der Waals surface area contributed by atoms with Crippen LogP contribution in [0.15, 0.2) is 199 Å². The minimum absolute atomic E-state index is 0.521. The Labute approximate surface area is 302 Å². The summed E-state index contributed by atoms with van der Waals surface area (Å²) < 4.78 is 6.42. The van der Waals surface area contributed by atoms with Gasteiger partial charge in [-0.1, -0.05) is 182 Å². The molecule has 0 unspecified atom stereocenters. The van der Waals surface area contributed by atoms with Gasteiger partial charge in [0, 0.05) is 10.8 Å². The summed E-state index contributed by atoms with van der Waals surface area (Å²) in [5, 5.41) is 7.23. The Kier molecular flexibility index (Phi) is 6.23. The molecule has 0 fully saturated rings. The zero-order valence-corrected chi connectivity index (χ0v) is 28.4. The van der Waals surface area contributed by atoms with Gasteiger partial charge in [0.25, 0.3) is 0 Å². The minimum Gasteiger partial charge on any atom is -0.456 e. The molecule has 1 aromatic heterocycles. The molecule has 0 aliphatic heterocycles. The van der Waals surface area contributed by atoms with Crippen LogP contribution in [0.5, 0.6) is 0 Å². The fourth-order valence-electron chi connectivity index (χ4n) is 9.40. The van der Waals surface area contributed by atoms with Crippen molar-refractivity contribution in [2.75, 3.05) is 0 Å². The number of furan rings is 1.